The Labute approximate surface area is 146 Å². The molecule has 0 radical (unpaired) electrons. The minimum atomic E-state index is -0.200. The minimum Gasteiger partial charge on any atom is -0.462 e. The topological polar surface area (TPSA) is 84.5 Å². The highest BCUT2D eigenvalue weighted by Crippen LogP contribution is 2.08. The number of rotatable bonds is 8. The minimum absolute atomic E-state index is 0.200. The first kappa shape index (κ1) is 18.3. The summed E-state index contributed by atoms with van der Waals surface area (Å²) in [7, 11) is 0. The third kappa shape index (κ3) is 6.95. The maximum Gasteiger partial charge on any atom is 0.244 e. The highest BCUT2D eigenvalue weighted by Gasteiger charge is 1.99. The number of amides is 2. The fourth-order valence-corrected chi connectivity index (χ4v) is 2.03. The van der Waals surface area contributed by atoms with E-state index < -0.39 is 0 Å². The molecule has 0 saturated heterocycles. The van der Waals surface area contributed by atoms with Gasteiger partial charge in [-0.1, -0.05) is 0 Å². The van der Waals surface area contributed by atoms with Crippen LogP contribution < -0.4 is 10.6 Å². The number of hydrogen-bond acceptors (Lipinski definition) is 4. The van der Waals surface area contributed by atoms with Crippen molar-refractivity contribution in [2.45, 2.75) is 20.3 Å². The molecular formula is C19H22N2O4. The lowest BCUT2D eigenvalue weighted by Gasteiger charge is -2.03. The number of furan rings is 2. The first-order valence-corrected chi connectivity index (χ1v) is 8.07. The molecule has 0 aliphatic carbocycles. The predicted molar refractivity (Wildman–Crippen MR) is 95.6 cm³/mol. The molecule has 0 unspecified atom stereocenters. The largest absolute Gasteiger partial charge is 0.462 e. The van der Waals surface area contributed by atoms with Gasteiger partial charge in [-0.3, -0.25) is 9.59 Å². The molecule has 2 heterocycles. The zero-order chi connectivity index (χ0) is 18.1. The maximum atomic E-state index is 11.6. The second-order valence-electron chi connectivity index (χ2n) is 5.50. The van der Waals surface area contributed by atoms with E-state index in [0.29, 0.717) is 31.0 Å². The Morgan fingerprint density at radius 1 is 0.840 bits per heavy atom. The zero-order valence-electron chi connectivity index (χ0n) is 14.4. The van der Waals surface area contributed by atoms with Crippen molar-refractivity contribution >= 4 is 24.0 Å². The molecule has 0 bridgehead atoms. The lowest BCUT2D eigenvalue weighted by atomic mass is 10.3. The number of carbonyl (C=O) groups excluding carboxylic acids is 2. The van der Waals surface area contributed by atoms with Crippen molar-refractivity contribution in [3.05, 3.63) is 59.5 Å². The summed E-state index contributed by atoms with van der Waals surface area (Å²) in [4.78, 5) is 23.3. The third-order valence-corrected chi connectivity index (χ3v) is 3.27. The first-order valence-electron chi connectivity index (χ1n) is 8.07. The fraction of sp³-hybridized carbons (Fsp3) is 0.263. The molecule has 0 aliphatic rings. The second-order valence-corrected chi connectivity index (χ2v) is 5.50. The summed E-state index contributed by atoms with van der Waals surface area (Å²) in [5, 5.41) is 5.48. The van der Waals surface area contributed by atoms with Crippen LogP contribution in [-0.2, 0) is 9.59 Å². The van der Waals surface area contributed by atoms with E-state index in [2.05, 4.69) is 10.6 Å². The van der Waals surface area contributed by atoms with Gasteiger partial charge in [0.05, 0.1) is 0 Å². The molecule has 0 aromatic carbocycles. The zero-order valence-corrected chi connectivity index (χ0v) is 14.4. The van der Waals surface area contributed by atoms with Crippen LogP contribution in [0.3, 0.4) is 0 Å². The highest BCUT2D eigenvalue weighted by atomic mass is 16.3. The van der Waals surface area contributed by atoms with Gasteiger partial charge in [-0.05, 0) is 56.7 Å². The van der Waals surface area contributed by atoms with Gasteiger partial charge in [-0.15, -0.1) is 0 Å². The Morgan fingerprint density at radius 2 is 1.28 bits per heavy atom. The van der Waals surface area contributed by atoms with Crippen LogP contribution in [-0.4, -0.2) is 24.9 Å². The van der Waals surface area contributed by atoms with Crippen LogP contribution in [0.4, 0.5) is 0 Å². The molecule has 2 aromatic heterocycles. The summed E-state index contributed by atoms with van der Waals surface area (Å²) in [5.41, 5.74) is 0. The predicted octanol–water partition coefficient (Wildman–Crippen LogP) is 2.84. The van der Waals surface area contributed by atoms with Crippen molar-refractivity contribution in [3.63, 3.8) is 0 Å². The number of aryl methyl sites for hydroxylation is 2. The van der Waals surface area contributed by atoms with Crippen LogP contribution in [0.1, 0.15) is 29.5 Å². The van der Waals surface area contributed by atoms with Crippen molar-refractivity contribution < 1.29 is 18.4 Å². The van der Waals surface area contributed by atoms with Crippen molar-refractivity contribution in [2.75, 3.05) is 13.1 Å². The van der Waals surface area contributed by atoms with Gasteiger partial charge in [0, 0.05) is 25.2 Å². The SMILES string of the molecule is Cc1ccc(C=CC(=O)NCCCNC(=O)C=Cc2ccc(C)o2)o1. The normalized spacial score (nSPS) is 11.3. The lowest BCUT2D eigenvalue weighted by Crippen LogP contribution is -2.28. The van der Waals surface area contributed by atoms with Crippen molar-refractivity contribution in [2.24, 2.45) is 0 Å². The number of carbonyl (C=O) groups is 2. The third-order valence-electron chi connectivity index (χ3n) is 3.27. The van der Waals surface area contributed by atoms with Crippen molar-refractivity contribution in [1.82, 2.24) is 10.6 Å². The maximum absolute atomic E-state index is 11.6. The second kappa shape index (κ2) is 9.32. The van der Waals surface area contributed by atoms with Crippen LogP contribution in [0.15, 0.2) is 45.3 Å². The molecule has 2 N–H and O–H groups in total. The van der Waals surface area contributed by atoms with E-state index in [-0.39, 0.29) is 11.8 Å². The summed E-state index contributed by atoms with van der Waals surface area (Å²) in [6, 6.07) is 7.27. The van der Waals surface area contributed by atoms with E-state index in [1.165, 1.54) is 12.2 Å². The Morgan fingerprint density at radius 3 is 1.64 bits per heavy atom. The average molecular weight is 342 g/mol. The molecule has 6 heteroatoms. The average Bonchev–Trinajstić information content (AvgIpc) is 3.19. The first-order chi connectivity index (χ1) is 12.0. The fourth-order valence-electron chi connectivity index (χ4n) is 2.03. The highest BCUT2D eigenvalue weighted by molar-refractivity contribution is 5.91. The Bertz CT molecular complexity index is 704. The number of hydrogen-bond donors (Lipinski definition) is 2. The molecule has 25 heavy (non-hydrogen) atoms. The van der Waals surface area contributed by atoms with Gasteiger partial charge < -0.3 is 19.5 Å². The van der Waals surface area contributed by atoms with Gasteiger partial charge in [0.15, 0.2) is 0 Å². The van der Waals surface area contributed by atoms with Crippen LogP contribution in [0.25, 0.3) is 12.2 Å². The smallest absolute Gasteiger partial charge is 0.244 e. The molecule has 6 nitrogen and oxygen atoms in total. The molecular weight excluding hydrogens is 320 g/mol. The molecule has 132 valence electrons. The summed E-state index contributed by atoms with van der Waals surface area (Å²) >= 11 is 0. The van der Waals surface area contributed by atoms with E-state index in [4.69, 9.17) is 8.83 Å². The van der Waals surface area contributed by atoms with Gasteiger partial charge in [-0.25, -0.2) is 0 Å². The van der Waals surface area contributed by atoms with E-state index in [9.17, 15) is 9.59 Å². The van der Waals surface area contributed by atoms with Crippen LogP contribution in [0, 0.1) is 13.8 Å². The number of nitrogens with one attached hydrogen (secondary N) is 2. The van der Waals surface area contributed by atoms with Gasteiger partial charge in [0.25, 0.3) is 0 Å². The molecule has 0 atom stereocenters. The molecule has 0 fully saturated rings. The Kier molecular flexibility index (Phi) is 6.83. The van der Waals surface area contributed by atoms with Gasteiger partial charge in [-0.2, -0.15) is 0 Å². The van der Waals surface area contributed by atoms with Gasteiger partial charge in [0.2, 0.25) is 11.8 Å². The molecule has 2 rings (SSSR count). The summed E-state index contributed by atoms with van der Waals surface area (Å²) in [5.74, 6) is 2.47. The molecule has 2 amide bonds. The van der Waals surface area contributed by atoms with E-state index in [1.807, 2.05) is 26.0 Å². The Hall–Kier alpha value is -3.02. The summed E-state index contributed by atoms with van der Waals surface area (Å²) < 4.78 is 10.7. The molecule has 0 aliphatic heterocycles. The Balaban J connectivity index is 1.58. The molecule has 0 spiro atoms. The standard InChI is InChI=1S/C19H22N2O4/c1-14-4-6-16(24-14)8-10-18(22)20-12-3-13-21-19(23)11-9-17-7-5-15(2)25-17/h4-11H,3,12-13H2,1-2H3,(H,20,22)(H,21,23). The molecule has 0 saturated carbocycles. The van der Waals surface area contributed by atoms with Crippen LogP contribution in [0.2, 0.25) is 0 Å². The summed E-state index contributed by atoms with van der Waals surface area (Å²) in [6.07, 6.45) is 6.71. The molecule has 2 aromatic rings. The monoisotopic (exact) mass is 342 g/mol. The summed E-state index contributed by atoms with van der Waals surface area (Å²) in [6.45, 7) is 4.64. The quantitative estimate of drug-likeness (QED) is 0.571. The van der Waals surface area contributed by atoms with E-state index in [0.717, 1.165) is 11.5 Å². The van der Waals surface area contributed by atoms with E-state index >= 15 is 0 Å². The van der Waals surface area contributed by atoms with E-state index in [1.54, 1.807) is 24.3 Å². The van der Waals surface area contributed by atoms with Crippen molar-refractivity contribution in [1.29, 1.82) is 0 Å². The lowest BCUT2D eigenvalue weighted by molar-refractivity contribution is -0.116. The van der Waals surface area contributed by atoms with Crippen molar-refractivity contribution in [3.8, 4) is 0 Å². The van der Waals surface area contributed by atoms with Crippen LogP contribution in [0.5, 0.6) is 0 Å². The van der Waals surface area contributed by atoms with Crippen LogP contribution >= 0.6 is 0 Å². The van der Waals surface area contributed by atoms with Gasteiger partial charge >= 0.3 is 0 Å². The van der Waals surface area contributed by atoms with Gasteiger partial charge in [0.1, 0.15) is 23.0 Å².